The van der Waals surface area contributed by atoms with Gasteiger partial charge >= 0.3 is 0 Å². The lowest BCUT2D eigenvalue weighted by Gasteiger charge is -2.42. The van der Waals surface area contributed by atoms with Gasteiger partial charge in [0.15, 0.2) is 0 Å². The van der Waals surface area contributed by atoms with Crippen LogP contribution >= 0.6 is 0 Å². The summed E-state index contributed by atoms with van der Waals surface area (Å²) in [6.45, 7) is 7.45. The van der Waals surface area contributed by atoms with Gasteiger partial charge in [-0.05, 0) is 62.3 Å². The molecular weight excluding hydrogens is 232 g/mol. The van der Waals surface area contributed by atoms with Crippen LogP contribution in [0.4, 0.5) is 0 Å². The van der Waals surface area contributed by atoms with Gasteiger partial charge in [0.25, 0.3) is 0 Å². The average molecular weight is 264 g/mol. The minimum absolute atomic E-state index is 0.446. The van der Waals surface area contributed by atoms with Crippen molar-refractivity contribution in [1.29, 1.82) is 0 Å². The van der Waals surface area contributed by atoms with Crippen LogP contribution in [0.3, 0.4) is 0 Å². The summed E-state index contributed by atoms with van der Waals surface area (Å²) in [5.74, 6) is 3.42. The Morgan fingerprint density at radius 3 is 2.63 bits per heavy atom. The van der Waals surface area contributed by atoms with Crippen molar-refractivity contribution in [2.24, 2.45) is 29.4 Å². The first-order chi connectivity index (χ1) is 9.15. The lowest BCUT2D eigenvalue weighted by atomic mass is 9.72. The first kappa shape index (κ1) is 13.9. The van der Waals surface area contributed by atoms with Crippen molar-refractivity contribution in [2.75, 3.05) is 13.1 Å². The summed E-state index contributed by atoms with van der Waals surface area (Å²) in [5.41, 5.74) is 6.48. The fourth-order valence-electron chi connectivity index (χ4n) is 5.28. The Labute approximate surface area is 119 Å². The number of likely N-dealkylation sites (tertiary alicyclic amines) is 1. The molecule has 110 valence electrons. The van der Waals surface area contributed by atoms with Crippen LogP contribution < -0.4 is 5.73 Å². The van der Waals surface area contributed by atoms with Crippen molar-refractivity contribution in [3.05, 3.63) is 0 Å². The van der Waals surface area contributed by atoms with E-state index < -0.39 is 0 Å². The van der Waals surface area contributed by atoms with E-state index in [0.29, 0.717) is 6.04 Å². The number of rotatable bonds is 2. The Kier molecular flexibility index (Phi) is 4.19. The third-order valence-corrected chi connectivity index (χ3v) is 6.30. The number of hydrogen-bond acceptors (Lipinski definition) is 2. The minimum Gasteiger partial charge on any atom is -0.327 e. The Morgan fingerprint density at radius 1 is 1.05 bits per heavy atom. The summed E-state index contributed by atoms with van der Waals surface area (Å²) in [6.07, 6.45) is 9.98. The summed E-state index contributed by atoms with van der Waals surface area (Å²) in [5, 5.41) is 0. The summed E-state index contributed by atoms with van der Waals surface area (Å²) < 4.78 is 0. The SMILES string of the molecule is CC1CC(C)C(CN2CCC3CCCCC32)C(N)C1. The second kappa shape index (κ2) is 5.73. The van der Waals surface area contributed by atoms with Gasteiger partial charge in [0.05, 0.1) is 0 Å². The first-order valence-corrected chi connectivity index (χ1v) is 8.64. The molecule has 0 aromatic rings. The Bertz CT molecular complexity index is 292. The van der Waals surface area contributed by atoms with E-state index in [9.17, 15) is 0 Å². The third kappa shape index (κ3) is 2.85. The fourth-order valence-corrected chi connectivity index (χ4v) is 5.28. The Balaban J connectivity index is 1.61. The number of nitrogens with zero attached hydrogens (tertiary/aromatic N) is 1. The highest BCUT2D eigenvalue weighted by Crippen LogP contribution is 2.39. The maximum absolute atomic E-state index is 6.48. The lowest BCUT2D eigenvalue weighted by molar-refractivity contribution is 0.0946. The van der Waals surface area contributed by atoms with Gasteiger partial charge in [-0.25, -0.2) is 0 Å². The standard InChI is InChI=1S/C17H32N2/c1-12-9-13(2)15(16(18)10-12)11-19-8-7-14-5-3-4-6-17(14)19/h12-17H,3-11,18H2,1-2H3. The average Bonchev–Trinajstić information content (AvgIpc) is 2.77. The van der Waals surface area contributed by atoms with Gasteiger partial charge in [0.2, 0.25) is 0 Å². The van der Waals surface area contributed by atoms with Gasteiger partial charge < -0.3 is 5.73 Å². The maximum Gasteiger partial charge on any atom is 0.0124 e. The van der Waals surface area contributed by atoms with E-state index in [4.69, 9.17) is 5.73 Å². The van der Waals surface area contributed by atoms with E-state index in [1.165, 1.54) is 58.0 Å². The van der Waals surface area contributed by atoms with Gasteiger partial charge in [-0.15, -0.1) is 0 Å². The van der Waals surface area contributed by atoms with Crippen molar-refractivity contribution >= 4 is 0 Å². The molecule has 3 fully saturated rings. The van der Waals surface area contributed by atoms with Crippen molar-refractivity contribution in [2.45, 2.75) is 70.9 Å². The number of nitrogens with two attached hydrogens (primary N) is 1. The molecule has 0 aromatic carbocycles. The summed E-state index contributed by atoms with van der Waals surface area (Å²) in [4.78, 5) is 2.82. The molecule has 2 nitrogen and oxygen atoms in total. The fraction of sp³-hybridized carbons (Fsp3) is 1.00. The molecule has 0 radical (unpaired) electrons. The lowest BCUT2D eigenvalue weighted by Crippen LogP contribution is -2.48. The topological polar surface area (TPSA) is 29.3 Å². The normalized spacial score (nSPS) is 48.2. The molecule has 1 heterocycles. The molecule has 3 rings (SSSR count). The van der Waals surface area contributed by atoms with Crippen LogP contribution in [-0.4, -0.2) is 30.1 Å². The number of fused-ring (bicyclic) bond motifs is 1. The van der Waals surface area contributed by atoms with Crippen molar-refractivity contribution in [1.82, 2.24) is 4.90 Å². The predicted octanol–water partition coefficient (Wildman–Crippen LogP) is 3.26. The molecule has 1 aliphatic heterocycles. The van der Waals surface area contributed by atoms with Crippen molar-refractivity contribution in [3.63, 3.8) is 0 Å². The highest BCUT2D eigenvalue weighted by atomic mass is 15.2. The predicted molar refractivity (Wildman–Crippen MR) is 81.0 cm³/mol. The molecule has 6 atom stereocenters. The molecule has 2 saturated carbocycles. The summed E-state index contributed by atoms with van der Waals surface area (Å²) in [6, 6.07) is 1.36. The van der Waals surface area contributed by atoms with Crippen LogP contribution in [0.5, 0.6) is 0 Å². The van der Waals surface area contributed by atoms with Crippen molar-refractivity contribution in [3.8, 4) is 0 Å². The molecule has 0 amide bonds. The van der Waals surface area contributed by atoms with Gasteiger partial charge in [0.1, 0.15) is 0 Å². The Morgan fingerprint density at radius 2 is 1.84 bits per heavy atom. The zero-order valence-electron chi connectivity index (χ0n) is 12.9. The third-order valence-electron chi connectivity index (χ3n) is 6.30. The van der Waals surface area contributed by atoms with E-state index in [1.54, 1.807) is 0 Å². The van der Waals surface area contributed by atoms with E-state index in [1.807, 2.05) is 0 Å². The summed E-state index contributed by atoms with van der Waals surface area (Å²) in [7, 11) is 0. The highest BCUT2D eigenvalue weighted by molar-refractivity contribution is 4.94. The van der Waals surface area contributed by atoms with E-state index in [2.05, 4.69) is 18.7 Å². The monoisotopic (exact) mass is 264 g/mol. The first-order valence-electron chi connectivity index (χ1n) is 8.64. The molecule has 3 aliphatic rings. The molecule has 2 heteroatoms. The quantitative estimate of drug-likeness (QED) is 0.829. The maximum atomic E-state index is 6.48. The molecule has 19 heavy (non-hydrogen) atoms. The summed E-state index contributed by atoms with van der Waals surface area (Å²) >= 11 is 0. The molecule has 2 N–H and O–H groups in total. The smallest absolute Gasteiger partial charge is 0.0124 e. The van der Waals surface area contributed by atoms with Crippen molar-refractivity contribution < 1.29 is 0 Å². The van der Waals surface area contributed by atoms with E-state index in [-0.39, 0.29) is 0 Å². The molecule has 2 aliphatic carbocycles. The van der Waals surface area contributed by atoms with Crippen LogP contribution in [0.1, 0.15) is 58.8 Å². The van der Waals surface area contributed by atoms with Crippen LogP contribution in [0, 0.1) is 23.7 Å². The van der Waals surface area contributed by atoms with Crippen LogP contribution in [0.25, 0.3) is 0 Å². The largest absolute Gasteiger partial charge is 0.327 e. The van der Waals surface area contributed by atoms with E-state index in [0.717, 1.165) is 29.7 Å². The zero-order valence-corrected chi connectivity index (χ0v) is 12.9. The molecule has 0 bridgehead atoms. The van der Waals surface area contributed by atoms with Gasteiger partial charge in [0, 0.05) is 18.6 Å². The van der Waals surface area contributed by atoms with Crippen LogP contribution in [0.15, 0.2) is 0 Å². The molecular formula is C17H32N2. The Hall–Kier alpha value is -0.0800. The number of hydrogen-bond donors (Lipinski definition) is 1. The second-order valence-corrected chi connectivity index (χ2v) is 7.78. The van der Waals surface area contributed by atoms with Crippen LogP contribution in [0.2, 0.25) is 0 Å². The molecule has 1 saturated heterocycles. The van der Waals surface area contributed by atoms with Gasteiger partial charge in [-0.3, -0.25) is 4.90 Å². The van der Waals surface area contributed by atoms with E-state index >= 15 is 0 Å². The molecule has 6 unspecified atom stereocenters. The minimum atomic E-state index is 0.446. The van der Waals surface area contributed by atoms with Gasteiger partial charge in [-0.1, -0.05) is 26.7 Å². The zero-order chi connectivity index (χ0) is 13.4. The van der Waals surface area contributed by atoms with Crippen LogP contribution in [-0.2, 0) is 0 Å². The second-order valence-electron chi connectivity index (χ2n) is 7.78. The highest BCUT2D eigenvalue weighted by Gasteiger charge is 2.39. The molecule has 0 spiro atoms. The molecule has 0 aromatic heterocycles. The van der Waals surface area contributed by atoms with Gasteiger partial charge in [-0.2, -0.15) is 0 Å².